The summed E-state index contributed by atoms with van der Waals surface area (Å²) in [6, 6.07) is 10.2. The third kappa shape index (κ3) is 4.36. The van der Waals surface area contributed by atoms with Crippen LogP contribution in [0.3, 0.4) is 0 Å². The van der Waals surface area contributed by atoms with Crippen LogP contribution in [0.15, 0.2) is 63.8 Å². The van der Waals surface area contributed by atoms with Crippen LogP contribution in [0.5, 0.6) is 0 Å². The number of ether oxygens (including phenoxy) is 1. The van der Waals surface area contributed by atoms with Crippen molar-refractivity contribution < 1.29 is 24.4 Å². The smallest absolute Gasteiger partial charge is 0.343 e. The Morgan fingerprint density at radius 3 is 2.48 bits per heavy atom. The lowest BCUT2D eigenvalue weighted by molar-refractivity contribution is -0.384. The Bertz CT molecular complexity index is 1200. The molecule has 1 amide bonds. The third-order valence-corrected chi connectivity index (χ3v) is 4.63. The number of nitrogens with zero attached hydrogens (tertiary/aromatic N) is 3. The number of rotatable bonds is 5. The van der Waals surface area contributed by atoms with Gasteiger partial charge in [0, 0.05) is 23.3 Å². The number of hydrogen-bond donors (Lipinski definition) is 1. The highest BCUT2D eigenvalue weighted by atomic mass is 35.5. The van der Waals surface area contributed by atoms with Crippen LogP contribution in [-0.2, 0) is 9.53 Å². The van der Waals surface area contributed by atoms with Crippen molar-refractivity contribution >= 4 is 40.7 Å². The maximum absolute atomic E-state index is 12.7. The van der Waals surface area contributed by atoms with Crippen LogP contribution < -0.4 is 0 Å². The van der Waals surface area contributed by atoms with Gasteiger partial charge in [-0.05, 0) is 19.9 Å². The number of amidine groups is 1. The fourth-order valence-electron chi connectivity index (χ4n) is 2.95. The molecule has 1 N–H and O–H groups in total. The molecule has 3 rings (SSSR count). The van der Waals surface area contributed by atoms with Crippen molar-refractivity contribution in [2.75, 3.05) is 6.61 Å². The monoisotopic (exact) mass is 441 g/mol. The average molecular weight is 442 g/mol. The summed E-state index contributed by atoms with van der Waals surface area (Å²) in [6.45, 7) is 3.06. The predicted molar refractivity (Wildman–Crippen MR) is 114 cm³/mol. The van der Waals surface area contributed by atoms with Gasteiger partial charge in [-0.3, -0.25) is 14.9 Å². The van der Waals surface area contributed by atoms with E-state index in [1.54, 1.807) is 31.2 Å². The molecule has 158 valence electrons. The molecule has 31 heavy (non-hydrogen) atoms. The van der Waals surface area contributed by atoms with Crippen LogP contribution in [0.1, 0.15) is 35.3 Å². The normalized spacial score (nSPS) is 14.5. The fraction of sp³-hybridized carbons (Fsp3) is 0.143. The minimum Gasteiger partial charge on any atom is -0.512 e. The van der Waals surface area contributed by atoms with E-state index in [2.05, 4.69) is 9.98 Å². The second-order valence-electron chi connectivity index (χ2n) is 6.35. The lowest BCUT2D eigenvalue weighted by atomic mass is 9.99. The van der Waals surface area contributed by atoms with Gasteiger partial charge >= 0.3 is 5.97 Å². The Morgan fingerprint density at radius 2 is 1.90 bits per heavy atom. The highest BCUT2D eigenvalue weighted by Gasteiger charge is 2.30. The number of aliphatic hydroxyl groups is 1. The van der Waals surface area contributed by atoms with Crippen molar-refractivity contribution in [3.63, 3.8) is 0 Å². The molecular weight excluding hydrogens is 426 g/mol. The molecule has 0 atom stereocenters. The number of aliphatic hydroxyl groups excluding tert-OH is 1. The molecular formula is C21H16ClN3O6. The molecule has 9 nitrogen and oxygen atoms in total. The maximum atomic E-state index is 12.7. The predicted octanol–water partition coefficient (Wildman–Crippen LogP) is 4.03. The zero-order chi connectivity index (χ0) is 22.7. The van der Waals surface area contributed by atoms with Crippen molar-refractivity contribution in [3.05, 3.63) is 85.6 Å². The molecule has 0 fully saturated rings. The van der Waals surface area contributed by atoms with Crippen LogP contribution >= 0.6 is 11.6 Å². The van der Waals surface area contributed by atoms with E-state index in [4.69, 9.17) is 16.3 Å². The van der Waals surface area contributed by atoms with Crippen LogP contribution in [0.2, 0.25) is 5.02 Å². The van der Waals surface area contributed by atoms with Gasteiger partial charge in [-0.15, -0.1) is 0 Å². The number of allylic oxidation sites excluding steroid dienone is 1. The summed E-state index contributed by atoms with van der Waals surface area (Å²) in [5.41, 5.74) is 0.631. The van der Waals surface area contributed by atoms with Gasteiger partial charge in [-0.25, -0.2) is 9.79 Å². The Kier molecular flexibility index (Phi) is 6.26. The number of carbonyl (C=O) groups is 2. The maximum Gasteiger partial charge on any atom is 0.343 e. The SMILES string of the molecule is CCOC(=O)/C(C1=NC(=NC(=O)c2ccc([N+](=O)[O-])cc2Cl)c2ccccc21)=C(\C)O. The van der Waals surface area contributed by atoms with Gasteiger partial charge in [0.15, 0.2) is 5.84 Å². The molecule has 0 radical (unpaired) electrons. The molecule has 0 bridgehead atoms. The summed E-state index contributed by atoms with van der Waals surface area (Å²) in [7, 11) is 0. The van der Waals surface area contributed by atoms with E-state index >= 15 is 0 Å². The lowest BCUT2D eigenvalue weighted by Crippen LogP contribution is -2.18. The molecule has 0 unspecified atom stereocenters. The standard InChI is InChI=1S/C21H16ClN3O6/c1-3-31-21(28)17(11(2)26)18-13-6-4-5-7-14(13)19(23-18)24-20(27)15-9-8-12(25(29)30)10-16(15)22/h4-10,26H,3H2,1-2H3/b17-11+,24-19?. The minimum atomic E-state index is -0.767. The molecule has 0 aliphatic carbocycles. The number of fused-ring (bicyclic) bond motifs is 1. The van der Waals surface area contributed by atoms with Crippen molar-refractivity contribution in [2.45, 2.75) is 13.8 Å². The number of amides is 1. The minimum absolute atomic E-state index is 0.00747. The van der Waals surface area contributed by atoms with Crippen molar-refractivity contribution in [1.29, 1.82) is 0 Å². The number of nitro benzene ring substituents is 1. The highest BCUT2D eigenvalue weighted by Crippen LogP contribution is 2.27. The molecule has 0 spiro atoms. The summed E-state index contributed by atoms with van der Waals surface area (Å²) < 4.78 is 5.01. The Hall–Kier alpha value is -3.85. The molecule has 0 saturated carbocycles. The molecule has 1 aliphatic rings. The van der Waals surface area contributed by atoms with E-state index in [1.807, 2.05) is 0 Å². The molecule has 0 aromatic heterocycles. The second-order valence-corrected chi connectivity index (χ2v) is 6.76. The van der Waals surface area contributed by atoms with Crippen LogP contribution in [0.25, 0.3) is 0 Å². The molecule has 2 aromatic carbocycles. The summed E-state index contributed by atoms with van der Waals surface area (Å²) in [5, 5.41) is 20.8. The number of esters is 1. The number of benzene rings is 2. The summed E-state index contributed by atoms with van der Waals surface area (Å²) >= 11 is 6.02. The van der Waals surface area contributed by atoms with Crippen LogP contribution in [0.4, 0.5) is 5.69 Å². The van der Waals surface area contributed by atoms with Crippen LogP contribution in [-0.4, -0.2) is 40.1 Å². The summed E-state index contributed by atoms with van der Waals surface area (Å²) in [4.78, 5) is 43.6. The average Bonchev–Trinajstić information content (AvgIpc) is 3.06. The van der Waals surface area contributed by atoms with E-state index in [0.717, 1.165) is 12.1 Å². The quantitative estimate of drug-likeness (QED) is 0.245. The number of carbonyl (C=O) groups excluding carboxylic acids is 2. The van der Waals surface area contributed by atoms with E-state index in [1.165, 1.54) is 13.0 Å². The zero-order valence-corrected chi connectivity index (χ0v) is 17.2. The Labute approximate surface area is 181 Å². The number of halogens is 1. The van der Waals surface area contributed by atoms with Gasteiger partial charge in [0.25, 0.3) is 11.6 Å². The van der Waals surface area contributed by atoms with E-state index in [9.17, 15) is 24.8 Å². The molecule has 1 heterocycles. The van der Waals surface area contributed by atoms with E-state index in [-0.39, 0.29) is 45.8 Å². The topological polar surface area (TPSA) is 131 Å². The van der Waals surface area contributed by atoms with Gasteiger partial charge in [-0.2, -0.15) is 4.99 Å². The van der Waals surface area contributed by atoms with Crippen LogP contribution in [0, 0.1) is 10.1 Å². The first-order valence-corrected chi connectivity index (χ1v) is 9.45. The second kappa shape index (κ2) is 8.88. The van der Waals surface area contributed by atoms with Gasteiger partial charge < -0.3 is 9.84 Å². The summed E-state index contributed by atoms with van der Waals surface area (Å²) in [6.07, 6.45) is 0. The molecule has 2 aromatic rings. The fourth-order valence-corrected chi connectivity index (χ4v) is 3.21. The third-order valence-electron chi connectivity index (χ3n) is 4.32. The number of hydrogen-bond acceptors (Lipinski definition) is 6. The largest absolute Gasteiger partial charge is 0.512 e. The van der Waals surface area contributed by atoms with Crippen molar-refractivity contribution in [3.8, 4) is 0 Å². The first-order chi connectivity index (χ1) is 14.7. The molecule has 0 saturated heterocycles. The first kappa shape index (κ1) is 21.8. The number of non-ortho nitro benzene ring substituents is 1. The zero-order valence-electron chi connectivity index (χ0n) is 16.5. The van der Waals surface area contributed by atoms with Gasteiger partial charge in [0.05, 0.1) is 27.8 Å². The number of aliphatic imine (C=N–C) groups is 2. The highest BCUT2D eigenvalue weighted by molar-refractivity contribution is 6.37. The van der Waals surface area contributed by atoms with Gasteiger partial charge in [0.2, 0.25) is 0 Å². The first-order valence-electron chi connectivity index (χ1n) is 9.07. The lowest BCUT2D eigenvalue weighted by Gasteiger charge is -2.08. The summed E-state index contributed by atoms with van der Waals surface area (Å²) in [5.74, 6) is -1.81. The van der Waals surface area contributed by atoms with Gasteiger partial charge in [0.1, 0.15) is 11.3 Å². The Morgan fingerprint density at radius 1 is 1.23 bits per heavy atom. The number of nitro groups is 1. The molecule has 10 heteroatoms. The molecule has 1 aliphatic heterocycles. The Balaban J connectivity index is 2.08. The van der Waals surface area contributed by atoms with Crippen molar-refractivity contribution in [2.24, 2.45) is 9.98 Å². The van der Waals surface area contributed by atoms with Crippen molar-refractivity contribution in [1.82, 2.24) is 0 Å². The van der Waals surface area contributed by atoms with E-state index < -0.39 is 16.8 Å². The van der Waals surface area contributed by atoms with E-state index in [0.29, 0.717) is 11.1 Å². The van der Waals surface area contributed by atoms with Gasteiger partial charge in [-0.1, -0.05) is 35.9 Å².